The van der Waals surface area contributed by atoms with Crippen LogP contribution in [0.4, 0.5) is 0 Å². The molecule has 0 aromatic carbocycles. The fraction of sp³-hybridized carbons (Fsp3) is 0.333. The molecule has 0 aliphatic heterocycles. The molecule has 1 aromatic rings. The third-order valence-corrected chi connectivity index (χ3v) is 0.657. The van der Waals surface area contributed by atoms with Crippen LogP contribution in [0.3, 0.4) is 0 Å². The number of carbonyl (C=O) groups excluding carboxylic acids is 1. The number of aromatic amines is 1. The van der Waals surface area contributed by atoms with E-state index in [-0.39, 0.29) is 6.61 Å². The zero-order valence-electron chi connectivity index (χ0n) is 4.37. The van der Waals surface area contributed by atoms with Gasteiger partial charge in [-0.05, 0) is 10.4 Å². The molecule has 0 aliphatic rings. The average molecular weight is 127 g/mol. The molecule has 0 atom stereocenters. The monoisotopic (exact) mass is 127 g/mol. The summed E-state index contributed by atoms with van der Waals surface area (Å²) >= 11 is 0. The van der Waals surface area contributed by atoms with E-state index in [0.717, 1.165) is 0 Å². The van der Waals surface area contributed by atoms with Crippen LogP contribution in [0.25, 0.3) is 0 Å². The van der Waals surface area contributed by atoms with Crippen molar-refractivity contribution < 1.29 is 9.53 Å². The van der Waals surface area contributed by atoms with Gasteiger partial charge in [0, 0.05) is 0 Å². The number of H-pyrrole nitrogens is 1. The van der Waals surface area contributed by atoms with Gasteiger partial charge >= 0.3 is 6.47 Å². The second-order valence-electron chi connectivity index (χ2n) is 1.22. The molecule has 1 radical (unpaired) electrons. The van der Waals surface area contributed by atoms with Crippen molar-refractivity contribution in [1.29, 1.82) is 0 Å². The molecule has 1 aromatic heterocycles. The van der Waals surface area contributed by atoms with Crippen molar-refractivity contribution in [3.05, 3.63) is 5.82 Å². The first-order valence-corrected chi connectivity index (χ1v) is 2.15. The molecule has 0 spiro atoms. The SMILES string of the molecule is O=[C]OCc1nnn[nH]1. The fourth-order valence-corrected chi connectivity index (χ4v) is 0.338. The lowest BCUT2D eigenvalue weighted by atomic mass is 10.7. The minimum absolute atomic E-state index is 0.0382. The van der Waals surface area contributed by atoms with Gasteiger partial charge in [-0.2, -0.15) is 0 Å². The van der Waals surface area contributed by atoms with Crippen LogP contribution in [-0.4, -0.2) is 27.1 Å². The summed E-state index contributed by atoms with van der Waals surface area (Å²) in [6.45, 7) is 1.28. The summed E-state index contributed by atoms with van der Waals surface area (Å²) < 4.78 is 4.20. The van der Waals surface area contributed by atoms with Gasteiger partial charge in [-0.15, -0.1) is 5.10 Å². The van der Waals surface area contributed by atoms with E-state index in [9.17, 15) is 4.79 Å². The molecule has 0 saturated carbocycles. The Bertz CT molecular complexity index is 172. The molecule has 0 saturated heterocycles. The van der Waals surface area contributed by atoms with Crippen molar-refractivity contribution in [2.75, 3.05) is 0 Å². The van der Waals surface area contributed by atoms with Gasteiger partial charge in [-0.1, -0.05) is 0 Å². The number of aromatic nitrogens is 4. The topological polar surface area (TPSA) is 80.8 Å². The molecule has 1 N–H and O–H groups in total. The van der Waals surface area contributed by atoms with Gasteiger partial charge in [0.15, 0.2) is 12.4 Å². The van der Waals surface area contributed by atoms with Gasteiger partial charge in [0.25, 0.3) is 0 Å². The van der Waals surface area contributed by atoms with Crippen molar-refractivity contribution in [2.24, 2.45) is 0 Å². The highest BCUT2D eigenvalue weighted by Crippen LogP contribution is 1.83. The number of rotatable bonds is 3. The van der Waals surface area contributed by atoms with Crippen LogP contribution in [-0.2, 0) is 16.1 Å². The minimum Gasteiger partial charge on any atom is -0.449 e. The maximum absolute atomic E-state index is 9.47. The number of ether oxygens (including phenoxy) is 1. The van der Waals surface area contributed by atoms with E-state index >= 15 is 0 Å². The summed E-state index contributed by atoms with van der Waals surface area (Å²) in [7, 11) is 0. The van der Waals surface area contributed by atoms with Crippen LogP contribution in [0.5, 0.6) is 0 Å². The first-order valence-electron chi connectivity index (χ1n) is 2.15. The molecule has 6 nitrogen and oxygen atoms in total. The summed E-state index contributed by atoms with van der Waals surface area (Å²) in [5, 5.41) is 12.3. The van der Waals surface area contributed by atoms with Crippen LogP contribution in [0, 0.1) is 0 Å². The predicted molar refractivity (Wildman–Crippen MR) is 24.7 cm³/mol. The lowest BCUT2D eigenvalue weighted by Gasteiger charge is -1.86. The van der Waals surface area contributed by atoms with E-state index in [0.29, 0.717) is 5.82 Å². The molecule has 0 bridgehead atoms. The molecule has 1 rings (SSSR count). The standard InChI is InChI=1S/C3H3N4O2/c8-2-9-1-3-4-6-7-5-3/h1H2,(H,4,5,6,7). The van der Waals surface area contributed by atoms with Crippen molar-refractivity contribution in [1.82, 2.24) is 20.6 Å². The molecule has 6 heteroatoms. The van der Waals surface area contributed by atoms with Crippen LogP contribution in [0.2, 0.25) is 0 Å². The van der Waals surface area contributed by atoms with Crippen LogP contribution < -0.4 is 0 Å². The van der Waals surface area contributed by atoms with Crippen LogP contribution in [0.15, 0.2) is 0 Å². The molecule has 0 amide bonds. The van der Waals surface area contributed by atoms with Gasteiger partial charge in [0.2, 0.25) is 0 Å². The fourth-order valence-electron chi connectivity index (χ4n) is 0.338. The van der Waals surface area contributed by atoms with Gasteiger partial charge in [-0.3, -0.25) is 0 Å². The number of tetrazole rings is 1. The summed E-state index contributed by atoms with van der Waals surface area (Å²) in [6, 6.07) is 0. The second-order valence-corrected chi connectivity index (χ2v) is 1.22. The Kier molecular flexibility index (Phi) is 1.73. The first kappa shape index (κ1) is 5.67. The maximum atomic E-state index is 9.47. The van der Waals surface area contributed by atoms with E-state index in [2.05, 4.69) is 25.4 Å². The van der Waals surface area contributed by atoms with Crippen LogP contribution in [0.1, 0.15) is 5.82 Å². The zero-order chi connectivity index (χ0) is 6.53. The predicted octanol–water partition coefficient (Wildman–Crippen LogP) is -1.22. The second kappa shape index (κ2) is 2.75. The molecule has 1 heterocycles. The Balaban J connectivity index is 2.38. The third kappa shape index (κ3) is 1.48. The number of hydrogen-bond acceptors (Lipinski definition) is 5. The number of nitrogens with one attached hydrogen (secondary N) is 1. The quantitative estimate of drug-likeness (QED) is 0.550. The Morgan fingerprint density at radius 2 is 2.67 bits per heavy atom. The summed E-state index contributed by atoms with van der Waals surface area (Å²) in [4.78, 5) is 9.47. The minimum atomic E-state index is 0.0382. The highest BCUT2D eigenvalue weighted by Gasteiger charge is 1.93. The van der Waals surface area contributed by atoms with Gasteiger partial charge in [0.05, 0.1) is 0 Å². The highest BCUT2D eigenvalue weighted by molar-refractivity contribution is 5.38. The maximum Gasteiger partial charge on any atom is 0.417 e. The van der Waals surface area contributed by atoms with Gasteiger partial charge < -0.3 is 4.74 Å². The Labute approximate surface area is 50.2 Å². The van der Waals surface area contributed by atoms with Gasteiger partial charge in [0.1, 0.15) is 0 Å². The van der Waals surface area contributed by atoms with Crippen molar-refractivity contribution in [3.8, 4) is 0 Å². The van der Waals surface area contributed by atoms with E-state index in [1.54, 1.807) is 0 Å². The number of nitrogens with zero attached hydrogens (tertiary/aromatic N) is 3. The van der Waals surface area contributed by atoms with Crippen molar-refractivity contribution in [3.63, 3.8) is 0 Å². The van der Waals surface area contributed by atoms with Gasteiger partial charge in [-0.25, -0.2) is 9.89 Å². The lowest BCUT2D eigenvalue weighted by Crippen LogP contribution is -1.91. The summed E-state index contributed by atoms with van der Waals surface area (Å²) in [5.74, 6) is 0.401. The largest absolute Gasteiger partial charge is 0.449 e. The van der Waals surface area contributed by atoms with E-state index in [4.69, 9.17) is 0 Å². The summed E-state index contributed by atoms with van der Waals surface area (Å²) in [6.07, 6.45) is 0. The smallest absolute Gasteiger partial charge is 0.417 e. The van der Waals surface area contributed by atoms with E-state index in [1.165, 1.54) is 6.47 Å². The zero-order valence-corrected chi connectivity index (χ0v) is 4.37. The van der Waals surface area contributed by atoms with Crippen molar-refractivity contribution >= 4 is 6.47 Å². The Hall–Kier alpha value is -1.46. The summed E-state index contributed by atoms with van der Waals surface area (Å²) in [5.41, 5.74) is 0. The van der Waals surface area contributed by atoms with E-state index < -0.39 is 0 Å². The van der Waals surface area contributed by atoms with Crippen LogP contribution >= 0.6 is 0 Å². The third-order valence-electron chi connectivity index (χ3n) is 0.657. The molecule has 0 fully saturated rings. The van der Waals surface area contributed by atoms with E-state index in [1.807, 2.05) is 0 Å². The first-order chi connectivity index (χ1) is 4.43. The molecule has 0 unspecified atom stereocenters. The molecule has 9 heavy (non-hydrogen) atoms. The highest BCUT2D eigenvalue weighted by atomic mass is 16.5. The lowest BCUT2D eigenvalue weighted by molar-refractivity contribution is 0.259. The molecule has 47 valence electrons. The molecular formula is C3H3N4O2. The molecular weight excluding hydrogens is 124 g/mol. The Morgan fingerprint density at radius 1 is 1.78 bits per heavy atom. The normalized spacial score (nSPS) is 8.89. The Morgan fingerprint density at radius 3 is 3.22 bits per heavy atom. The van der Waals surface area contributed by atoms with Crippen molar-refractivity contribution in [2.45, 2.75) is 6.61 Å². The average Bonchev–Trinajstić information content (AvgIpc) is 2.34. The number of hydrogen-bond donors (Lipinski definition) is 1. The molecule has 0 aliphatic carbocycles.